The molecule has 0 bridgehead atoms. The lowest BCUT2D eigenvalue weighted by Gasteiger charge is -2.34. The number of hydrogen-bond donors (Lipinski definition) is 2. The van der Waals surface area contributed by atoms with E-state index in [0.717, 1.165) is 70.9 Å². The lowest BCUT2D eigenvalue weighted by molar-refractivity contribution is -0.121. The van der Waals surface area contributed by atoms with Crippen molar-refractivity contribution in [3.63, 3.8) is 0 Å². The standard InChI is InChI=1S/C21H40N4O3.HI/c1-3-22-21(23-13-10-20(26)24-18-8-5-4-6-9-18)25-14-11-19(12-15-25)28-17-7-16-27-2;/h18-19H,3-17H2,1-2H3,(H,22,23)(H,24,26);1H. The molecule has 0 spiro atoms. The van der Waals surface area contributed by atoms with Gasteiger partial charge in [0.05, 0.1) is 12.6 Å². The third-order valence-electron chi connectivity index (χ3n) is 5.49. The van der Waals surface area contributed by atoms with Crippen LogP contribution in [0.25, 0.3) is 0 Å². The first-order chi connectivity index (χ1) is 13.7. The number of methoxy groups -OCH3 is 1. The van der Waals surface area contributed by atoms with Gasteiger partial charge < -0.3 is 25.0 Å². The highest BCUT2D eigenvalue weighted by Gasteiger charge is 2.22. The van der Waals surface area contributed by atoms with Crippen molar-refractivity contribution < 1.29 is 14.3 Å². The van der Waals surface area contributed by atoms with Crippen molar-refractivity contribution >= 4 is 35.8 Å². The predicted octanol–water partition coefficient (Wildman–Crippen LogP) is 2.93. The molecule has 1 saturated heterocycles. The van der Waals surface area contributed by atoms with Crippen LogP contribution in [0.5, 0.6) is 0 Å². The van der Waals surface area contributed by atoms with Crippen molar-refractivity contribution in [2.75, 3.05) is 46.5 Å². The molecule has 170 valence electrons. The Hall–Kier alpha value is -0.610. The minimum atomic E-state index is 0. The number of aliphatic imine (C=N–C) groups is 1. The summed E-state index contributed by atoms with van der Waals surface area (Å²) in [6, 6.07) is 0.376. The third-order valence-corrected chi connectivity index (χ3v) is 5.49. The van der Waals surface area contributed by atoms with E-state index < -0.39 is 0 Å². The van der Waals surface area contributed by atoms with Gasteiger partial charge in [-0.25, -0.2) is 0 Å². The monoisotopic (exact) mass is 524 g/mol. The van der Waals surface area contributed by atoms with Crippen LogP contribution in [0.3, 0.4) is 0 Å². The molecule has 8 heteroatoms. The average molecular weight is 524 g/mol. The number of carbonyl (C=O) groups excluding carboxylic acids is 1. The van der Waals surface area contributed by atoms with Gasteiger partial charge >= 0.3 is 0 Å². The fraction of sp³-hybridized carbons (Fsp3) is 0.905. The van der Waals surface area contributed by atoms with E-state index in [0.29, 0.717) is 25.1 Å². The number of ether oxygens (including phenoxy) is 2. The van der Waals surface area contributed by atoms with E-state index >= 15 is 0 Å². The number of nitrogens with zero attached hydrogens (tertiary/aromatic N) is 2. The molecule has 1 heterocycles. The molecule has 1 aliphatic heterocycles. The maximum Gasteiger partial charge on any atom is 0.222 e. The minimum Gasteiger partial charge on any atom is -0.385 e. The van der Waals surface area contributed by atoms with Crippen LogP contribution in [0, 0.1) is 0 Å². The number of guanidine groups is 1. The molecule has 2 fully saturated rings. The summed E-state index contributed by atoms with van der Waals surface area (Å²) in [6.07, 6.45) is 9.79. The van der Waals surface area contributed by atoms with Gasteiger partial charge in [0, 0.05) is 52.4 Å². The summed E-state index contributed by atoms with van der Waals surface area (Å²) in [5, 5.41) is 6.54. The predicted molar refractivity (Wildman–Crippen MR) is 128 cm³/mol. The van der Waals surface area contributed by atoms with Crippen molar-refractivity contribution in [1.29, 1.82) is 0 Å². The molecule has 0 aromatic carbocycles. The van der Waals surface area contributed by atoms with E-state index in [1.54, 1.807) is 7.11 Å². The smallest absolute Gasteiger partial charge is 0.222 e. The number of hydrogen-bond acceptors (Lipinski definition) is 4. The lowest BCUT2D eigenvalue weighted by Crippen LogP contribution is -2.47. The normalized spacial score (nSPS) is 19.0. The second kappa shape index (κ2) is 16.1. The second-order valence-corrected chi connectivity index (χ2v) is 7.79. The summed E-state index contributed by atoms with van der Waals surface area (Å²) < 4.78 is 11.0. The third kappa shape index (κ3) is 10.8. The molecule has 0 atom stereocenters. The molecular formula is C21H41IN4O3. The van der Waals surface area contributed by atoms with E-state index in [-0.39, 0.29) is 29.9 Å². The molecule has 2 aliphatic rings. The molecule has 2 N–H and O–H groups in total. The van der Waals surface area contributed by atoms with E-state index in [1.165, 1.54) is 19.3 Å². The molecule has 0 unspecified atom stereocenters. The van der Waals surface area contributed by atoms with Crippen molar-refractivity contribution in [1.82, 2.24) is 15.5 Å². The highest BCUT2D eigenvalue weighted by Crippen LogP contribution is 2.17. The van der Waals surface area contributed by atoms with Gasteiger partial charge in [0.1, 0.15) is 0 Å². The SMILES string of the molecule is CCNC(=NCCC(=O)NC1CCCCC1)N1CCC(OCCCOC)CC1.I. The number of nitrogens with one attached hydrogen (secondary N) is 2. The minimum absolute atomic E-state index is 0. The summed E-state index contributed by atoms with van der Waals surface area (Å²) in [7, 11) is 1.72. The Labute approximate surface area is 193 Å². The quantitative estimate of drug-likeness (QED) is 0.199. The topological polar surface area (TPSA) is 75.2 Å². The summed E-state index contributed by atoms with van der Waals surface area (Å²) >= 11 is 0. The van der Waals surface area contributed by atoms with Crippen LogP contribution in [0.2, 0.25) is 0 Å². The van der Waals surface area contributed by atoms with Crippen LogP contribution < -0.4 is 10.6 Å². The molecule has 0 aromatic heterocycles. The Kier molecular flexibility index (Phi) is 14.7. The molecule has 0 aromatic rings. The molecule has 29 heavy (non-hydrogen) atoms. The fourth-order valence-corrected chi connectivity index (χ4v) is 3.92. The first-order valence-electron chi connectivity index (χ1n) is 11.2. The second-order valence-electron chi connectivity index (χ2n) is 7.79. The Morgan fingerprint density at radius 1 is 1.10 bits per heavy atom. The molecule has 2 rings (SSSR count). The van der Waals surface area contributed by atoms with Crippen molar-refractivity contribution in [3.05, 3.63) is 0 Å². The van der Waals surface area contributed by atoms with Crippen molar-refractivity contribution in [2.45, 2.75) is 76.9 Å². The zero-order valence-electron chi connectivity index (χ0n) is 18.3. The summed E-state index contributed by atoms with van der Waals surface area (Å²) in [6.45, 7) is 6.85. The van der Waals surface area contributed by atoms with Gasteiger partial charge in [-0.05, 0) is 39.0 Å². The van der Waals surface area contributed by atoms with Gasteiger partial charge in [-0.15, -0.1) is 24.0 Å². The van der Waals surface area contributed by atoms with Gasteiger partial charge in [-0.1, -0.05) is 19.3 Å². The van der Waals surface area contributed by atoms with E-state index in [4.69, 9.17) is 14.5 Å². The molecule has 1 saturated carbocycles. The Morgan fingerprint density at radius 2 is 1.83 bits per heavy atom. The van der Waals surface area contributed by atoms with Crippen LogP contribution >= 0.6 is 24.0 Å². The van der Waals surface area contributed by atoms with Gasteiger partial charge in [-0.2, -0.15) is 0 Å². The van der Waals surface area contributed by atoms with Crippen LogP contribution in [0.1, 0.15) is 64.7 Å². The Morgan fingerprint density at radius 3 is 2.48 bits per heavy atom. The first-order valence-corrected chi connectivity index (χ1v) is 11.2. The van der Waals surface area contributed by atoms with Crippen LogP contribution in [-0.4, -0.2) is 75.4 Å². The highest BCUT2D eigenvalue weighted by molar-refractivity contribution is 14.0. The maximum atomic E-state index is 12.2. The maximum absolute atomic E-state index is 12.2. The van der Waals surface area contributed by atoms with Gasteiger partial charge in [0.25, 0.3) is 0 Å². The molecule has 1 aliphatic carbocycles. The molecule has 1 amide bonds. The van der Waals surface area contributed by atoms with Gasteiger partial charge in [0.15, 0.2) is 5.96 Å². The van der Waals surface area contributed by atoms with E-state index in [1.807, 2.05) is 0 Å². The zero-order chi connectivity index (χ0) is 20.0. The van der Waals surface area contributed by atoms with E-state index in [9.17, 15) is 4.79 Å². The van der Waals surface area contributed by atoms with Crippen molar-refractivity contribution in [2.24, 2.45) is 4.99 Å². The van der Waals surface area contributed by atoms with Crippen LogP contribution in [-0.2, 0) is 14.3 Å². The number of carbonyl (C=O) groups is 1. The zero-order valence-corrected chi connectivity index (χ0v) is 20.6. The molecule has 0 radical (unpaired) electrons. The van der Waals surface area contributed by atoms with Crippen LogP contribution in [0.15, 0.2) is 4.99 Å². The molecular weight excluding hydrogens is 483 g/mol. The lowest BCUT2D eigenvalue weighted by atomic mass is 9.95. The summed E-state index contributed by atoms with van der Waals surface area (Å²) in [4.78, 5) is 19.2. The summed E-state index contributed by atoms with van der Waals surface area (Å²) in [5.41, 5.74) is 0. The van der Waals surface area contributed by atoms with Crippen LogP contribution in [0.4, 0.5) is 0 Å². The summed E-state index contributed by atoms with van der Waals surface area (Å²) in [5.74, 6) is 1.06. The number of likely N-dealkylation sites (tertiary alicyclic amines) is 1. The fourth-order valence-electron chi connectivity index (χ4n) is 3.92. The Balaban J connectivity index is 0.00000420. The van der Waals surface area contributed by atoms with Crippen molar-refractivity contribution in [3.8, 4) is 0 Å². The highest BCUT2D eigenvalue weighted by atomic mass is 127. The van der Waals surface area contributed by atoms with E-state index in [2.05, 4.69) is 22.5 Å². The van der Waals surface area contributed by atoms with Gasteiger partial charge in [-0.3, -0.25) is 9.79 Å². The number of rotatable bonds is 10. The number of piperidine rings is 1. The van der Waals surface area contributed by atoms with Gasteiger partial charge in [0.2, 0.25) is 5.91 Å². The first kappa shape index (κ1) is 26.4. The average Bonchev–Trinajstić information content (AvgIpc) is 2.72. The largest absolute Gasteiger partial charge is 0.385 e. The number of amides is 1. The Bertz CT molecular complexity index is 465. The number of halogens is 1. The molecule has 7 nitrogen and oxygen atoms in total.